The van der Waals surface area contributed by atoms with Crippen LogP contribution in [0.2, 0.25) is 5.02 Å². The minimum Gasteiger partial charge on any atom is -0.478 e. The lowest BCUT2D eigenvalue weighted by atomic mass is 9.98. The number of piperidine rings is 1. The second-order valence-electron chi connectivity index (χ2n) is 5.15. The zero-order valence-corrected chi connectivity index (χ0v) is 11.8. The van der Waals surface area contributed by atoms with Crippen molar-refractivity contribution >= 4 is 23.3 Å². The summed E-state index contributed by atoms with van der Waals surface area (Å²) in [7, 11) is 2.14. The molecule has 1 aromatic carbocycles. The van der Waals surface area contributed by atoms with Crippen LogP contribution in [0.1, 0.15) is 23.2 Å². The number of carbonyl (C=O) groups is 1. The van der Waals surface area contributed by atoms with Gasteiger partial charge in [0.25, 0.3) is 0 Å². The molecule has 1 aliphatic rings. The number of hydrogen-bond donors (Lipinski definition) is 2. The Bertz CT molecular complexity index is 465. The van der Waals surface area contributed by atoms with Gasteiger partial charge in [0, 0.05) is 18.8 Å². The van der Waals surface area contributed by atoms with Crippen molar-refractivity contribution in [1.82, 2.24) is 4.90 Å². The molecule has 1 aromatic rings. The molecule has 0 saturated carbocycles. The Kier molecular flexibility index (Phi) is 4.66. The highest BCUT2D eigenvalue weighted by atomic mass is 35.5. The molecule has 104 valence electrons. The predicted molar refractivity (Wildman–Crippen MR) is 77.1 cm³/mol. The standard InChI is InChI=1S/C14H19ClN2O2/c1-17-6-2-3-10(9-17)8-16-11-4-5-13(15)12(7-11)14(18)19/h4-5,7,10,16H,2-3,6,8-9H2,1H3,(H,18,19). The van der Waals surface area contributed by atoms with Crippen LogP contribution in [0.15, 0.2) is 18.2 Å². The zero-order valence-electron chi connectivity index (χ0n) is 11.0. The van der Waals surface area contributed by atoms with Gasteiger partial charge in [0.05, 0.1) is 10.6 Å². The van der Waals surface area contributed by atoms with E-state index in [9.17, 15) is 4.79 Å². The summed E-state index contributed by atoms with van der Waals surface area (Å²) in [4.78, 5) is 13.3. The number of benzene rings is 1. The van der Waals surface area contributed by atoms with Gasteiger partial charge in [0.2, 0.25) is 0 Å². The maximum atomic E-state index is 11.0. The van der Waals surface area contributed by atoms with Crippen LogP contribution in [0.3, 0.4) is 0 Å². The summed E-state index contributed by atoms with van der Waals surface area (Å²) in [6.07, 6.45) is 2.44. The summed E-state index contributed by atoms with van der Waals surface area (Å²) in [5.74, 6) is -0.381. The molecule has 0 bridgehead atoms. The molecule has 2 N–H and O–H groups in total. The minimum atomic E-state index is -0.994. The monoisotopic (exact) mass is 282 g/mol. The number of nitrogens with one attached hydrogen (secondary N) is 1. The molecule has 2 rings (SSSR count). The molecule has 1 saturated heterocycles. The Morgan fingerprint density at radius 1 is 1.58 bits per heavy atom. The molecule has 1 heterocycles. The first-order valence-electron chi connectivity index (χ1n) is 6.51. The molecule has 0 radical (unpaired) electrons. The van der Waals surface area contributed by atoms with E-state index in [1.807, 2.05) is 6.07 Å². The van der Waals surface area contributed by atoms with E-state index >= 15 is 0 Å². The molecule has 0 aliphatic carbocycles. The van der Waals surface area contributed by atoms with Gasteiger partial charge in [-0.3, -0.25) is 0 Å². The number of aromatic carboxylic acids is 1. The van der Waals surface area contributed by atoms with Gasteiger partial charge < -0.3 is 15.3 Å². The maximum absolute atomic E-state index is 11.0. The normalized spacial score (nSPS) is 20.2. The highest BCUT2D eigenvalue weighted by Gasteiger charge is 2.17. The average molecular weight is 283 g/mol. The summed E-state index contributed by atoms with van der Waals surface area (Å²) in [5.41, 5.74) is 0.961. The van der Waals surface area contributed by atoms with Crippen molar-refractivity contribution in [2.24, 2.45) is 5.92 Å². The van der Waals surface area contributed by atoms with Crippen molar-refractivity contribution in [3.05, 3.63) is 28.8 Å². The number of likely N-dealkylation sites (tertiary alicyclic amines) is 1. The van der Waals surface area contributed by atoms with Gasteiger partial charge in [-0.15, -0.1) is 0 Å². The van der Waals surface area contributed by atoms with Crippen molar-refractivity contribution in [3.8, 4) is 0 Å². The Morgan fingerprint density at radius 3 is 3.05 bits per heavy atom. The van der Waals surface area contributed by atoms with Crippen LogP contribution in [0.4, 0.5) is 5.69 Å². The molecule has 0 amide bonds. The van der Waals surface area contributed by atoms with Gasteiger partial charge >= 0.3 is 5.97 Å². The fourth-order valence-corrected chi connectivity index (χ4v) is 2.70. The lowest BCUT2D eigenvalue weighted by Crippen LogP contribution is -2.35. The molecule has 1 atom stereocenters. The summed E-state index contributed by atoms with van der Waals surface area (Å²) < 4.78 is 0. The number of anilines is 1. The fraction of sp³-hybridized carbons (Fsp3) is 0.500. The molecule has 0 aromatic heterocycles. The predicted octanol–water partition coefficient (Wildman–Crippen LogP) is 2.79. The number of halogens is 1. The number of hydrogen-bond acceptors (Lipinski definition) is 3. The Morgan fingerprint density at radius 2 is 2.37 bits per heavy atom. The van der Waals surface area contributed by atoms with Crippen molar-refractivity contribution < 1.29 is 9.90 Å². The third-order valence-corrected chi connectivity index (χ3v) is 3.84. The molecule has 1 unspecified atom stereocenters. The topological polar surface area (TPSA) is 52.6 Å². The zero-order chi connectivity index (χ0) is 13.8. The Labute approximate surface area is 118 Å². The Balaban J connectivity index is 1.96. The van der Waals surface area contributed by atoms with Crippen LogP contribution in [-0.2, 0) is 0 Å². The summed E-state index contributed by atoms with van der Waals surface area (Å²) in [5, 5.41) is 12.6. The number of nitrogens with zero attached hydrogens (tertiary/aromatic N) is 1. The number of carboxylic acids is 1. The van der Waals surface area contributed by atoms with Gasteiger partial charge in [-0.1, -0.05) is 11.6 Å². The molecule has 5 heteroatoms. The second-order valence-corrected chi connectivity index (χ2v) is 5.56. The van der Waals surface area contributed by atoms with Gasteiger partial charge in [0.15, 0.2) is 0 Å². The van der Waals surface area contributed by atoms with Crippen LogP contribution in [0.5, 0.6) is 0 Å². The first kappa shape index (κ1) is 14.2. The fourth-order valence-electron chi connectivity index (χ4n) is 2.50. The van der Waals surface area contributed by atoms with Gasteiger partial charge in [0.1, 0.15) is 0 Å². The van der Waals surface area contributed by atoms with E-state index in [1.54, 1.807) is 12.1 Å². The van der Waals surface area contributed by atoms with Crippen LogP contribution in [0.25, 0.3) is 0 Å². The maximum Gasteiger partial charge on any atom is 0.337 e. The molecule has 0 spiro atoms. The van der Waals surface area contributed by atoms with Crippen LogP contribution < -0.4 is 5.32 Å². The van der Waals surface area contributed by atoms with Crippen LogP contribution in [0, 0.1) is 5.92 Å². The quantitative estimate of drug-likeness (QED) is 0.892. The lowest BCUT2D eigenvalue weighted by molar-refractivity contribution is 0.0697. The highest BCUT2D eigenvalue weighted by Crippen LogP contribution is 2.22. The summed E-state index contributed by atoms with van der Waals surface area (Å²) in [6.45, 7) is 3.12. The molecule has 1 fully saturated rings. The van der Waals surface area contributed by atoms with Crippen molar-refractivity contribution in [2.45, 2.75) is 12.8 Å². The average Bonchev–Trinajstić information content (AvgIpc) is 2.37. The Hall–Kier alpha value is -1.26. The third kappa shape index (κ3) is 3.85. The first-order chi connectivity index (χ1) is 9.06. The molecular formula is C14H19ClN2O2. The van der Waals surface area contributed by atoms with E-state index in [0.717, 1.165) is 18.8 Å². The van der Waals surface area contributed by atoms with Gasteiger partial charge in [-0.05, 0) is 50.6 Å². The molecule has 1 aliphatic heterocycles. The van der Waals surface area contributed by atoms with Crippen LogP contribution >= 0.6 is 11.6 Å². The second kappa shape index (κ2) is 6.26. The molecule has 4 nitrogen and oxygen atoms in total. The van der Waals surface area contributed by atoms with E-state index in [4.69, 9.17) is 16.7 Å². The SMILES string of the molecule is CN1CCCC(CNc2ccc(Cl)c(C(=O)O)c2)C1. The highest BCUT2D eigenvalue weighted by molar-refractivity contribution is 6.33. The first-order valence-corrected chi connectivity index (χ1v) is 6.89. The number of carboxylic acid groups (broad SMARTS) is 1. The summed E-state index contributed by atoms with van der Waals surface area (Å²) in [6, 6.07) is 5.04. The van der Waals surface area contributed by atoms with E-state index < -0.39 is 5.97 Å². The van der Waals surface area contributed by atoms with Crippen molar-refractivity contribution in [2.75, 3.05) is 32.0 Å². The smallest absolute Gasteiger partial charge is 0.337 e. The van der Waals surface area contributed by atoms with Crippen LogP contribution in [-0.4, -0.2) is 42.7 Å². The molecular weight excluding hydrogens is 264 g/mol. The van der Waals surface area contributed by atoms with Gasteiger partial charge in [-0.25, -0.2) is 4.79 Å². The van der Waals surface area contributed by atoms with E-state index in [1.165, 1.54) is 19.4 Å². The van der Waals surface area contributed by atoms with Crippen molar-refractivity contribution in [3.63, 3.8) is 0 Å². The van der Waals surface area contributed by atoms with E-state index in [-0.39, 0.29) is 10.6 Å². The minimum absolute atomic E-state index is 0.146. The van der Waals surface area contributed by atoms with E-state index in [2.05, 4.69) is 17.3 Å². The molecule has 19 heavy (non-hydrogen) atoms. The van der Waals surface area contributed by atoms with Gasteiger partial charge in [-0.2, -0.15) is 0 Å². The van der Waals surface area contributed by atoms with Crippen molar-refractivity contribution in [1.29, 1.82) is 0 Å². The largest absolute Gasteiger partial charge is 0.478 e. The lowest BCUT2D eigenvalue weighted by Gasteiger charge is -2.30. The number of rotatable bonds is 4. The summed E-state index contributed by atoms with van der Waals surface area (Å²) >= 11 is 5.84. The van der Waals surface area contributed by atoms with E-state index in [0.29, 0.717) is 5.92 Å². The third-order valence-electron chi connectivity index (χ3n) is 3.51.